The van der Waals surface area contributed by atoms with E-state index in [4.69, 9.17) is 9.52 Å². The lowest BCUT2D eigenvalue weighted by Crippen LogP contribution is -1.85. The third-order valence-electron chi connectivity index (χ3n) is 2.13. The number of nitrogens with zero attached hydrogens (tertiary/aromatic N) is 2. The summed E-state index contributed by atoms with van der Waals surface area (Å²) in [6.45, 7) is 2.05. The van der Waals surface area contributed by atoms with Crippen molar-refractivity contribution >= 4 is 23.4 Å². The van der Waals surface area contributed by atoms with Crippen molar-refractivity contribution in [1.82, 2.24) is 10.2 Å². The summed E-state index contributed by atoms with van der Waals surface area (Å²) in [5.74, 6) is -0.421. The minimum Gasteiger partial charge on any atom is -0.478 e. The van der Waals surface area contributed by atoms with Gasteiger partial charge in [0.15, 0.2) is 0 Å². The predicted octanol–water partition coefficient (Wildman–Crippen LogP) is 2.46. The van der Waals surface area contributed by atoms with Crippen molar-refractivity contribution < 1.29 is 14.3 Å². The Morgan fingerprint density at radius 2 is 2.41 bits per heavy atom. The Morgan fingerprint density at radius 3 is 3.12 bits per heavy atom. The molecule has 0 spiro atoms. The van der Waals surface area contributed by atoms with E-state index in [0.29, 0.717) is 5.89 Å². The van der Waals surface area contributed by atoms with Gasteiger partial charge in [-0.2, -0.15) is 0 Å². The second-order valence-electron chi connectivity index (χ2n) is 3.25. The van der Waals surface area contributed by atoms with E-state index in [1.165, 1.54) is 17.4 Å². The fourth-order valence-corrected chi connectivity index (χ4v) is 2.25. The number of rotatable bonds is 4. The Morgan fingerprint density at radius 1 is 1.59 bits per heavy atom. The SMILES string of the molecule is CCc1ccsc1-c1nnc(/C=C/C(=O)O)o1. The Bertz CT molecular complexity index is 557. The summed E-state index contributed by atoms with van der Waals surface area (Å²) in [6.07, 6.45) is 3.13. The molecule has 0 amide bonds. The van der Waals surface area contributed by atoms with Crippen LogP contribution < -0.4 is 0 Å². The maximum absolute atomic E-state index is 10.3. The Kier molecular flexibility index (Phi) is 3.34. The van der Waals surface area contributed by atoms with Gasteiger partial charge < -0.3 is 9.52 Å². The maximum atomic E-state index is 10.3. The summed E-state index contributed by atoms with van der Waals surface area (Å²) >= 11 is 1.53. The highest BCUT2D eigenvalue weighted by molar-refractivity contribution is 7.13. The molecule has 0 aliphatic carbocycles. The molecular formula is C11H10N2O3S. The van der Waals surface area contributed by atoms with Gasteiger partial charge in [-0.3, -0.25) is 0 Å². The number of aryl methyl sites for hydroxylation is 1. The van der Waals surface area contributed by atoms with Crippen molar-refractivity contribution in [3.05, 3.63) is 29.0 Å². The molecule has 0 saturated heterocycles. The molecule has 17 heavy (non-hydrogen) atoms. The molecule has 0 atom stereocenters. The first-order valence-corrected chi connectivity index (χ1v) is 5.90. The average molecular weight is 250 g/mol. The number of carboxylic acids is 1. The van der Waals surface area contributed by atoms with Crippen molar-refractivity contribution in [2.45, 2.75) is 13.3 Å². The minimum absolute atomic E-state index is 0.192. The first kappa shape index (κ1) is 11.5. The smallest absolute Gasteiger partial charge is 0.328 e. The number of aliphatic carboxylic acids is 1. The lowest BCUT2D eigenvalue weighted by Gasteiger charge is -1.93. The summed E-state index contributed by atoms with van der Waals surface area (Å²) in [4.78, 5) is 11.3. The van der Waals surface area contributed by atoms with E-state index >= 15 is 0 Å². The summed E-state index contributed by atoms with van der Waals surface area (Å²) in [6, 6.07) is 2.01. The normalized spacial score (nSPS) is 11.1. The van der Waals surface area contributed by atoms with Crippen molar-refractivity contribution in [3.8, 4) is 10.8 Å². The molecule has 88 valence electrons. The zero-order chi connectivity index (χ0) is 12.3. The van der Waals surface area contributed by atoms with E-state index in [-0.39, 0.29) is 5.89 Å². The quantitative estimate of drug-likeness (QED) is 0.843. The Hall–Kier alpha value is -1.95. The maximum Gasteiger partial charge on any atom is 0.328 e. The van der Waals surface area contributed by atoms with E-state index in [2.05, 4.69) is 10.2 Å². The third kappa shape index (κ3) is 2.59. The Labute approximate surface area is 101 Å². The van der Waals surface area contributed by atoms with Crippen LogP contribution in [0.4, 0.5) is 0 Å². The topological polar surface area (TPSA) is 76.2 Å². The number of aromatic nitrogens is 2. The highest BCUT2D eigenvalue weighted by Gasteiger charge is 2.12. The van der Waals surface area contributed by atoms with Gasteiger partial charge in [-0.15, -0.1) is 21.5 Å². The standard InChI is InChI=1S/C11H10N2O3S/c1-2-7-5-6-17-10(7)11-13-12-8(16-11)3-4-9(14)15/h3-6H,2H2,1H3,(H,14,15)/b4-3+. The monoisotopic (exact) mass is 250 g/mol. The van der Waals surface area contributed by atoms with Crippen LogP contribution >= 0.6 is 11.3 Å². The highest BCUT2D eigenvalue weighted by Crippen LogP contribution is 2.28. The van der Waals surface area contributed by atoms with Gasteiger partial charge in [-0.05, 0) is 23.4 Å². The molecule has 2 aromatic rings. The van der Waals surface area contributed by atoms with Gasteiger partial charge in [0.2, 0.25) is 5.89 Å². The fourth-order valence-electron chi connectivity index (χ4n) is 1.34. The van der Waals surface area contributed by atoms with Gasteiger partial charge in [0.1, 0.15) is 0 Å². The first-order chi connectivity index (χ1) is 8.20. The molecular weight excluding hydrogens is 240 g/mol. The van der Waals surface area contributed by atoms with Crippen molar-refractivity contribution in [2.24, 2.45) is 0 Å². The molecule has 1 N–H and O–H groups in total. The molecule has 0 aliphatic heterocycles. The van der Waals surface area contributed by atoms with Gasteiger partial charge in [-0.1, -0.05) is 6.92 Å². The third-order valence-corrected chi connectivity index (χ3v) is 3.08. The van der Waals surface area contributed by atoms with E-state index in [0.717, 1.165) is 22.9 Å². The van der Waals surface area contributed by atoms with Crippen molar-refractivity contribution in [3.63, 3.8) is 0 Å². The van der Waals surface area contributed by atoms with Crippen molar-refractivity contribution in [2.75, 3.05) is 0 Å². The van der Waals surface area contributed by atoms with Crippen LogP contribution in [-0.4, -0.2) is 21.3 Å². The minimum atomic E-state index is -1.05. The zero-order valence-electron chi connectivity index (χ0n) is 9.08. The fraction of sp³-hybridized carbons (Fsp3) is 0.182. The molecule has 0 unspecified atom stereocenters. The van der Waals surface area contributed by atoms with Gasteiger partial charge in [0, 0.05) is 12.2 Å². The van der Waals surface area contributed by atoms with Gasteiger partial charge >= 0.3 is 5.97 Å². The molecule has 2 rings (SSSR count). The largest absolute Gasteiger partial charge is 0.478 e. The lowest BCUT2D eigenvalue weighted by atomic mass is 10.2. The molecule has 6 heteroatoms. The summed E-state index contributed by atoms with van der Waals surface area (Å²) in [5.41, 5.74) is 1.15. The summed E-state index contributed by atoms with van der Waals surface area (Å²) < 4.78 is 5.36. The van der Waals surface area contributed by atoms with Crippen LogP contribution in [0.3, 0.4) is 0 Å². The molecule has 0 aliphatic rings. The lowest BCUT2D eigenvalue weighted by molar-refractivity contribution is -0.131. The Balaban J connectivity index is 2.27. The molecule has 0 fully saturated rings. The average Bonchev–Trinajstić information content (AvgIpc) is 2.94. The van der Waals surface area contributed by atoms with E-state index in [1.807, 2.05) is 18.4 Å². The number of carboxylic acid groups (broad SMARTS) is 1. The summed E-state index contributed by atoms with van der Waals surface area (Å²) in [5, 5.41) is 18.1. The predicted molar refractivity (Wildman–Crippen MR) is 63.7 cm³/mol. The highest BCUT2D eigenvalue weighted by atomic mass is 32.1. The number of carbonyl (C=O) groups is 1. The number of thiophene rings is 1. The van der Waals surface area contributed by atoms with E-state index < -0.39 is 5.97 Å². The summed E-state index contributed by atoms with van der Waals surface area (Å²) in [7, 11) is 0. The van der Waals surface area contributed by atoms with Crippen LogP contribution in [0.1, 0.15) is 18.4 Å². The second-order valence-corrected chi connectivity index (χ2v) is 4.16. The zero-order valence-corrected chi connectivity index (χ0v) is 9.90. The first-order valence-electron chi connectivity index (χ1n) is 5.02. The van der Waals surface area contributed by atoms with Crippen LogP contribution in [-0.2, 0) is 11.2 Å². The molecule has 0 bridgehead atoms. The van der Waals surface area contributed by atoms with Crippen LogP contribution in [0.5, 0.6) is 0 Å². The van der Waals surface area contributed by atoms with Gasteiger partial charge in [0.05, 0.1) is 4.88 Å². The van der Waals surface area contributed by atoms with Crippen LogP contribution in [0.2, 0.25) is 0 Å². The van der Waals surface area contributed by atoms with Crippen molar-refractivity contribution in [1.29, 1.82) is 0 Å². The van der Waals surface area contributed by atoms with E-state index in [1.54, 1.807) is 0 Å². The number of hydrogen-bond acceptors (Lipinski definition) is 5. The van der Waals surface area contributed by atoms with Crippen LogP contribution in [0.15, 0.2) is 21.9 Å². The molecule has 0 aromatic carbocycles. The molecule has 5 nitrogen and oxygen atoms in total. The molecule has 2 aromatic heterocycles. The van der Waals surface area contributed by atoms with Crippen LogP contribution in [0.25, 0.3) is 16.8 Å². The second kappa shape index (κ2) is 4.92. The molecule has 0 radical (unpaired) electrons. The number of hydrogen-bond donors (Lipinski definition) is 1. The van der Waals surface area contributed by atoms with Gasteiger partial charge in [0.25, 0.3) is 5.89 Å². The molecule has 2 heterocycles. The van der Waals surface area contributed by atoms with Crippen LogP contribution in [0, 0.1) is 0 Å². The van der Waals surface area contributed by atoms with E-state index in [9.17, 15) is 4.79 Å². The van der Waals surface area contributed by atoms with Gasteiger partial charge in [-0.25, -0.2) is 4.79 Å². The molecule has 0 saturated carbocycles.